The maximum atomic E-state index is 11.9. The predicted molar refractivity (Wildman–Crippen MR) is 104 cm³/mol. The Morgan fingerprint density at radius 2 is 1.89 bits per heavy atom. The number of benzene rings is 2. The molecular weight excluding hydrogens is 415 g/mol. The third kappa shape index (κ3) is 4.30. The molecule has 1 amide bonds. The number of phenolic OH excluding ortho intramolecular Hbond substituents is 1. The zero-order chi connectivity index (χ0) is 19.8. The normalized spacial score (nSPS) is 10.9. The summed E-state index contributed by atoms with van der Waals surface area (Å²) in [6.07, 6.45) is -0.0344. The predicted octanol–water partition coefficient (Wildman–Crippen LogP) is 2.36. The van der Waals surface area contributed by atoms with E-state index in [1.165, 1.54) is 31.5 Å². The Morgan fingerprint density at radius 1 is 1.18 bits per heavy atom. The summed E-state index contributed by atoms with van der Waals surface area (Å²) in [6.45, 7) is 0. The van der Waals surface area contributed by atoms with Gasteiger partial charge in [0.05, 0.1) is 18.5 Å². The van der Waals surface area contributed by atoms with Gasteiger partial charge in [-0.2, -0.15) is 8.42 Å². The van der Waals surface area contributed by atoms with Crippen molar-refractivity contribution in [1.82, 2.24) is 4.98 Å². The van der Waals surface area contributed by atoms with Crippen LogP contribution < -0.4 is 9.64 Å². The molecule has 1 heterocycles. The van der Waals surface area contributed by atoms with E-state index in [9.17, 15) is 28.0 Å². The van der Waals surface area contributed by atoms with E-state index in [0.29, 0.717) is 10.3 Å². The number of carboxylic acid groups (broad SMARTS) is 1. The van der Waals surface area contributed by atoms with E-state index in [2.05, 4.69) is 4.98 Å². The average Bonchev–Trinajstić information content (AvgIpc) is 2.63. The molecule has 0 saturated heterocycles. The summed E-state index contributed by atoms with van der Waals surface area (Å²) >= 11 is 0. The van der Waals surface area contributed by atoms with E-state index in [1.807, 2.05) is 0 Å². The van der Waals surface area contributed by atoms with Crippen LogP contribution in [0.1, 0.15) is 0 Å². The van der Waals surface area contributed by atoms with Crippen LogP contribution in [0.25, 0.3) is 10.9 Å². The fourth-order valence-electron chi connectivity index (χ4n) is 2.66. The van der Waals surface area contributed by atoms with Crippen LogP contribution in [0.4, 0.5) is 16.2 Å². The molecule has 0 atom stereocenters. The van der Waals surface area contributed by atoms with Crippen LogP contribution >= 0.6 is 0 Å². The number of pyridine rings is 1. The van der Waals surface area contributed by atoms with Gasteiger partial charge in [0.25, 0.3) is 10.1 Å². The van der Waals surface area contributed by atoms with Crippen LogP contribution in [-0.2, 0) is 10.1 Å². The fourth-order valence-corrected chi connectivity index (χ4v) is 3.33. The summed E-state index contributed by atoms with van der Waals surface area (Å²) < 4.78 is 37.4. The number of fused-ring (bicyclic) bond motifs is 1. The van der Waals surface area contributed by atoms with Gasteiger partial charge in [-0.05, 0) is 30.3 Å². The summed E-state index contributed by atoms with van der Waals surface area (Å²) in [7, 11) is -3.47. The molecule has 0 saturated carbocycles. The topological polar surface area (TPSA) is 137 Å². The standard InChI is InChI=1S/C17H14N2O7S.K.H/c1-26-13-7-5-11(9-14(13)27(23,24)25)19(17(21)22)12-6-4-10-3-2-8-18-15(10)16(12)20;;/h2-9,20H,1H3,(H,21,22)(H,23,24,25);;. The SMILES string of the molecule is COc1ccc(N(C(=O)O)c2ccc3cccnc3c2O)cc1S(=O)(=O)O.[KH]. The molecule has 0 aliphatic rings. The van der Waals surface area contributed by atoms with Crippen molar-refractivity contribution in [3.8, 4) is 11.5 Å². The number of amides is 1. The van der Waals surface area contributed by atoms with E-state index in [-0.39, 0.29) is 79.8 Å². The molecule has 3 N–H and O–H groups in total. The fraction of sp³-hybridized carbons (Fsp3) is 0.0588. The van der Waals surface area contributed by atoms with Gasteiger partial charge in [-0.25, -0.2) is 9.69 Å². The van der Waals surface area contributed by atoms with Crippen molar-refractivity contribution in [2.75, 3.05) is 12.0 Å². The molecule has 3 aromatic rings. The number of hydrogen-bond donors (Lipinski definition) is 3. The van der Waals surface area contributed by atoms with Crippen LogP contribution in [0.15, 0.2) is 53.6 Å². The van der Waals surface area contributed by atoms with Crippen molar-refractivity contribution in [2.24, 2.45) is 0 Å². The number of hydrogen-bond acceptors (Lipinski definition) is 6. The van der Waals surface area contributed by atoms with Gasteiger partial charge in [-0.3, -0.25) is 9.54 Å². The van der Waals surface area contributed by atoms with E-state index in [1.54, 1.807) is 18.2 Å². The Kier molecular flexibility index (Phi) is 7.04. The Morgan fingerprint density at radius 3 is 2.50 bits per heavy atom. The van der Waals surface area contributed by atoms with E-state index < -0.39 is 21.1 Å². The number of carbonyl (C=O) groups is 1. The quantitative estimate of drug-likeness (QED) is 0.424. The Hall–Kier alpha value is -1.73. The Labute approximate surface area is 202 Å². The van der Waals surface area contributed by atoms with Gasteiger partial charge >= 0.3 is 57.5 Å². The van der Waals surface area contributed by atoms with E-state index in [0.717, 1.165) is 6.07 Å². The van der Waals surface area contributed by atoms with Crippen molar-refractivity contribution in [1.29, 1.82) is 0 Å². The molecule has 0 bridgehead atoms. The van der Waals surface area contributed by atoms with Crippen molar-refractivity contribution in [2.45, 2.75) is 4.90 Å². The summed E-state index contributed by atoms with van der Waals surface area (Å²) in [4.78, 5) is 16.0. The molecule has 0 unspecified atom stereocenters. The summed E-state index contributed by atoms with van der Waals surface area (Å²) in [5.41, 5.74) is -0.0635. The van der Waals surface area contributed by atoms with Crippen molar-refractivity contribution in [3.05, 3.63) is 48.7 Å². The molecule has 0 spiro atoms. The molecule has 142 valence electrons. The molecule has 11 heteroatoms. The first-order valence-electron chi connectivity index (χ1n) is 7.49. The second kappa shape index (κ2) is 8.74. The zero-order valence-electron chi connectivity index (χ0n) is 13.9. The number of nitrogens with zero attached hydrogens (tertiary/aromatic N) is 2. The third-order valence-corrected chi connectivity index (χ3v) is 4.72. The molecule has 0 fully saturated rings. The molecule has 2 aromatic carbocycles. The number of aromatic hydroxyl groups is 1. The van der Waals surface area contributed by atoms with E-state index >= 15 is 0 Å². The number of methoxy groups -OCH3 is 1. The van der Waals surface area contributed by atoms with Crippen LogP contribution in [0.3, 0.4) is 0 Å². The minimum atomic E-state index is -4.67. The molecule has 3 rings (SSSR count). The Balaban J connectivity index is 0.00000280. The first kappa shape index (κ1) is 22.6. The molecule has 28 heavy (non-hydrogen) atoms. The van der Waals surface area contributed by atoms with Crippen molar-refractivity contribution < 1.29 is 32.7 Å². The second-order valence-electron chi connectivity index (χ2n) is 5.44. The van der Waals surface area contributed by atoms with Crippen molar-refractivity contribution >= 4 is 89.9 Å². The molecule has 0 radical (unpaired) electrons. The van der Waals surface area contributed by atoms with Crippen LogP contribution in [0, 0.1) is 0 Å². The average molecular weight is 430 g/mol. The monoisotopic (exact) mass is 430 g/mol. The van der Waals surface area contributed by atoms with Gasteiger partial charge in [0.2, 0.25) is 0 Å². The molecule has 1 aromatic heterocycles. The third-order valence-electron chi connectivity index (χ3n) is 3.84. The summed E-state index contributed by atoms with van der Waals surface area (Å²) in [5.74, 6) is -0.546. The van der Waals surface area contributed by atoms with Crippen molar-refractivity contribution in [3.63, 3.8) is 0 Å². The van der Waals surface area contributed by atoms with Crippen LogP contribution in [0.5, 0.6) is 11.5 Å². The molecule has 0 aliphatic carbocycles. The number of ether oxygens (including phenoxy) is 1. The first-order valence-corrected chi connectivity index (χ1v) is 8.93. The van der Waals surface area contributed by atoms with Gasteiger partial charge in [0.15, 0.2) is 5.75 Å². The number of phenols is 1. The molecule has 9 nitrogen and oxygen atoms in total. The first-order chi connectivity index (χ1) is 12.7. The number of aromatic nitrogens is 1. The van der Waals surface area contributed by atoms with Gasteiger partial charge in [0.1, 0.15) is 16.2 Å². The maximum absolute atomic E-state index is 11.9. The van der Waals surface area contributed by atoms with Crippen LogP contribution in [0.2, 0.25) is 0 Å². The van der Waals surface area contributed by atoms with Gasteiger partial charge in [-0.15, -0.1) is 0 Å². The number of anilines is 2. The molecule has 0 aliphatic heterocycles. The zero-order valence-corrected chi connectivity index (χ0v) is 14.7. The second-order valence-corrected chi connectivity index (χ2v) is 6.83. The van der Waals surface area contributed by atoms with Gasteiger partial charge in [0, 0.05) is 11.6 Å². The van der Waals surface area contributed by atoms with E-state index in [4.69, 9.17) is 4.74 Å². The Bertz CT molecular complexity index is 1150. The van der Waals surface area contributed by atoms with Gasteiger partial charge in [-0.1, -0.05) is 12.1 Å². The minimum absolute atomic E-state index is 0. The van der Waals surface area contributed by atoms with Gasteiger partial charge < -0.3 is 14.9 Å². The molecular formula is C17H15KN2O7S. The summed E-state index contributed by atoms with van der Waals surface area (Å²) in [5, 5.41) is 20.7. The summed E-state index contributed by atoms with van der Waals surface area (Å²) in [6, 6.07) is 9.71. The number of rotatable bonds is 4. The van der Waals surface area contributed by atoms with Crippen LogP contribution in [-0.4, -0.2) is 92.8 Å².